The highest BCUT2D eigenvalue weighted by molar-refractivity contribution is 5.79. The van der Waals surface area contributed by atoms with Crippen LogP contribution in [0.1, 0.15) is 84.0 Å². The van der Waals surface area contributed by atoms with Gasteiger partial charge in [-0.25, -0.2) is 4.39 Å². The number of carbonyl (C=O) groups excluding carboxylic acids is 1. The van der Waals surface area contributed by atoms with E-state index in [1.54, 1.807) is 0 Å². The third-order valence-electron chi connectivity index (χ3n) is 11.4. The van der Waals surface area contributed by atoms with Crippen molar-refractivity contribution >= 4 is 5.91 Å². The zero-order valence-electron chi connectivity index (χ0n) is 23.6. The van der Waals surface area contributed by atoms with Crippen molar-refractivity contribution in [3.63, 3.8) is 0 Å². The third-order valence-corrected chi connectivity index (χ3v) is 11.4. The summed E-state index contributed by atoms with van der Waals surface area (Å²) in [6, 6.07) is 0.911. The Balaban J connectivity index is 1.19. The van der Waals surface area contributed by atoms with Gasteiger partial charge in [-0.05, 0) is 119 Å². The van der Waals surface area contributed by atoms with E-state index in [1.165, 1.54) is 44.9 Å². The number of piperidine rings is 1. The largest absolute Gasteiger partial charge is 0.353 e. The molecule has 1 aromatic rings. The highest BCUT2D eigenvalue weighted by Gasteiger charge is 2.46. The zero-order chi connectivity index (χ0) is 26.4. The first kappa shape index (κ1) is 26.6. The summed E-state index contributed by atoms with van der Waals surface area (Å²) in [5.74, 6) is 3.97. The average Bonchev–Trinajstić information content (AvgIpc) is 3.56. The Morgan fingerprint density at radius 1 is 1.05 bits per heavy atom. The first-order valence-corrected chi connectivity index (χ1v) is 15.8. The molecule has 5 fully saturated rings. The molecule has 10 atom stereocenters. The molecule has 0 radical (unpaired) electrons. The van der Waals surface area contributed by atoms with Gasteiger partial charge in [0.25, 0.3) is 0 Å². The van der Waals surface area contributed by atoms with Crippen molar-refractivity contribution in [1.82, 2.24) is 19.8 Å². The van der Waals surface area contributed by atoms with Crippen LogP contribution in [-0.2, 0) is 18.4 Å². The second-order valence-electron chi connectivity index (χ2n) is 14.0. The maximum absolute atomic E-state index is 14.2. The molecule has 9 unspecified atom stereocenters. The molecule has 3 N–H and O–H groups in total. The summed E-state index contributed by atoms with van der Waals surface area (Å²) in [4.78, 5) is 14.0. The number of hydrogen-bond donors (Lipinski definition) is 3. The quantitative estimate of drug-likeness (QED) is 0.477. The summed E-state index contributed by atoms with van der Waals surface area (Å²) >= 11 is 0. The molecule has 0 bridgehead atoms. The van der Waals surface area contributed by atoms with Crippen LogP contribution in [0.25, 0.3) is 0 Å². The molecule has 7 heteroatoms. The van der Waals surface area contributed by atoms with Crippen LogP contribution in [0.15, 0.2) is 12.4 Å². The smallest absolute Gasteiger partial charge is 0.223 e. The number of fused-ring (bicyclic) bond motifs is 1. The van der Waals surface area contributed by atoms with Crippen molar-refractivity contribution in [3.8, 4) is 0 Å². The van der Waals surface area contributed by atoms with Gasteiger partial charge in [-0.3, -0.25) is 10.2 Å². The van der Waals surface area contributed by atoms with Crippen LogP contribution in [-0.4, -0.2) is 39.8 Å². The monoisotopic (exact) mass is 527 g/mol. The molecule has 0 aromatic carbocycles. The Kier molecular flexibility index (Phi) is 7.76. The second-order valence-corrected chi connectivity index (χ2v) is 14.0. The first-order chi connectivity index (χ1) is 18.4. The molecule has 4 saturated carbocycles. The Morgan fingerprint density at radius 2 is 1.87 bits per heavy atom. The molecule has 2 heterocycles. The fourth-order valence-corrected chi connectivity index (χ4v) is 9.22. The van der Waals surface area contributed by atoms with Crippen LogP contribution in [0.2, 0.25) is 0 Å². The number of nitrogens with zero attached hydrogens (tertiary/aromatic N) is 2. The van der Waals surface area contributed by atoms with Crippen LogP contribution in [0.3, 0.4) is 0 Å². The predicted molar refractivity (Wildman–Crippen MR) is 147 cm³/mol. The van der Waals surface area contributed by atoms with Gasteiger partial charge in [0, 0.05) is 44.0 Å². The van der Waals surface area contributed by atoms with Crippen LogP contribution in [0.4, 0.5) is 4.39 Å². The molecule has 38 heavy (non-hydrogen) atoms. The van der Waals surface area contributed by atoms with Crippen LogP contribution < -0.4 is 16.3 Å². The standard InChI is InChI=1S/C31H50FN5O/c1-19-14-22(8-9-27(19)32)29(21-6-7-21)35-30(38)24-16-20(18-37-13-12-36(2)31(37)33)15-23(17-24)25-10-11-34-28-5-3-4-26(25)28/h12-13,19-29,33-34H,3-11,14-18H2,1-2H3,(H,35,38)/t19?,20?,22?,23?,24?,25?,26?,27?,28?,29-/m0/s1. The fourth-order valence-electron chi connectivity index (χ4n) is 9.22. The van der Waals surface area contributed by atoms with Gasteiger partial charge in [-0.1, -0.05) is 13.3 Å². The van der Waals surface area contributed by atoms with Crippen molar-refractivity contribution < 1.29 is 9.18 Å². The number of imidazole rings is 1. The summed E-state index contributed by atoms with van der Waals surface area (Å²) in [5.41, 5.74) is 0.539. The number of aryl methyl sites for hydroxylation is 1. The van der Waals surface area contributed by atoms with Gasteiger partial charge in [-0.2, -0.15) is 0 Å². The fraction of sp³-hybridized carbons (Fsp3) is 0.871. The normalized spacial score (nSPS) is 40.4. The number of carbonyl (C=O) groups is 1. The lowest BCUT2D eigenvalue weighted by molar-refractivity contribution is -0.129. The van der Waals surface area contributed by atoms with Gasteiger partial charge in [0.1, 0.15) is 6.17 Å². The maximum Gasteiger partial charge on any atom is 0.223 e. The lowest BCUT2D eigenvalue weighted by Crippen LogP contribution is -2.50. The zero-order valence-corrected chi connectivity index (χ0v) is 23.6. The maximum atomic E-state index is 14.2. The molecular weight excluding hydrogens is 477 g/mol. The summed E-state index contributed by atoms with van der Waals surface area (Å²) in [5, 5.41) is 15.9. The van der Waals surface area contributed by atoms with Gasteiger partial charge >= 0.3 is 0 Å². The van der Waals surface area contributed by atoms with Gasteiger partial charge < -0.3 is 19.8 Å². The topological polar surface area (TPSA) is 74.8 Å². The van der Waals surface area contributed by atoms with E-state index in [0.717, 1.165) is 50.6 Å². The summed E-state index contributed by atoms with van der Waals surface area (Å²) in [6.07, 6.45) is 16.6. The lowest BCUT2D eigenvalue weighted by atomic mass is 9.64. The van der Waals surface area contributed by atoms with Gasteiger partial charge in [-0.15, -0.1) is 0 Å². The third kappa shape index (κ3) is 5.51. The van der Waals surface area contributed by atoms with E-state index in [1.807, 2.05) is 24.0 Å². The van der Waals surface area contributed by atoms with Gasteiger partial charge in [0.15, 0.2) is 0 Å². The number of amides is 1. The highest BCUT2D eigenvalue weighted by atomic mass is 19.1. The van der Waals surface area contributed by atoms with Crippen LogP contribution >= 0.6 is 0 Å². The van der Waals surface area contributed by atoms with E-state index < -0.39 is 6.17 Å². The average molecular weight is 528 g/mol. The van der Waals surface area contributed by atoms with E-state index in [0.29, 0.717) is 41.8 Å². The highest BCUT2D eigenvalue weighted by Crippen LogP contribution is 2.48. The van der Waals surface area contributed by atoms with Gasteiger partial charge in [0.05, 0.1) is 0 Å². The minimum atomic E-state index is -0.677. The molecule has 6 nitrogen and oxygen atoms in total. The second kappa shape index (κ2) is 11.1. The molecule has 1 aliphatic heterocycles. The van der Waals surface area contributed by atoms with Crippen molar-refractivity contribution in [2.24, 2.45) is 54.4 Å². The molecular formula is C31H50FN5O. The van der Waals surface area contributed by atoms with E-state index in [2.05, 4.69) is 22.1 Å². The Morgan fingerprint density at radius 3 is 2.61 bits per heavy atom. The summed E-state index contributed by atoms with van der Waals surface area (Å²) in [7, 11) is 1.93. The molecule has 4 aliphatic carbocycles. The molecule has 1 amide bonds. The van der Waals surface area contributed by atoms with E-state index in [-0.39, 0.29) is 23.8 Å². The molecule has 212 valence electrons. The minimum absolute atomic E-state index is 0.0585. The number of nitrogens with one attached hydrogen (secondary N) is 3. The molecule has 1 aromatic heterocycles. The van der Waals surface area contributed by atoms with Crippen molar-refractivity contribution in [3.05, 3.63) is 18.0 Å². The molecule has 0 spiro atoms. The Hall–Kier alpha value is -1.63. The van der Waals surface area contributed by atoms with Crippen molar-refractivity contribution in [2.75, 3.05) is 6.54 Å². The molecule has 1 saturated heterocycles. The number of rotatable bonds is 7. The van der Waals surface area contributed by atoms with E-state index in [9.17, 15) is 9.18 Å². The minimum Gasteiger partial charge on any atom is -0.353 e. The van der Waals surface area contributed by atoms with Crippen molar-refractivity contribution in [1.29, 1.82) is 5.41 Å². The number of hydrogen-bond acceptors (Lipinski definition) is 3. The SMILES string of the molecule is CC1CC([C@@H](NC(=O)C2CC(Cn3ccn(C)c3=N)CC(C3CCNC4CCCC43)C2)C2CC2)CCC1F. The molecule has 5 aliphatic rings. The number of aromatic nitrogens is 2. The van der Waals surface area contributed by atoms with Gasteiger partial charge in [0.2, 0.25) is 11.5 Å². The molecule has 6 rings (SSSR count). The van der Waals surface area contributed by atoms with Crippen LogP contribution in [0, 0.1) is 52.8 Å². The lowest BCUT2D eigenvalue weighted by Gasteiger charge is -2.45. The Bertz CT molecular complexity index is 1030. The van der Waals surface area contributed by atoms with Crippen LogP contribution in [0.5, 0.6) is 0 Å². The predicted octanol–water partition coefficient (Wildman–Crippen LogP) is 4.79. The first-order valence-electron chi connectivity index (χ1n) is 15.8. The van der Waals surface area contributed by atoms with E-state index >= 15 is 0 Å². The summed E-state index contributed by atoms with van der Waals surface area (Å²) < 4.78 is 18.2. The number of alkyl halides is 1. The number of halogens is 1. The van der Waals surface area contributed by atoms with E-state index in [4.69, 9.17) is 5.41 Å². The van der Waals surface area contributed by atoms with Crippen molar-refractivity contribution in [2.45, 2.75) is 109 Å². The summed E-state index contributed by atoms with van der Waals surface area (Å²) in [6.45, 7) is 4.01. The Labute approximate surface area is 228 Å².